The zero-order chi connectivity index (χ0) is 17.4. The van der Waals surface area contributed by atoms with E-state index in [-0.39, 0.29) is 0 Å². The van der Waals surface area contributed by atoms with Crippen LogP contribution in [0.2, 0.25) is 10.0 Å². The van der Waals surface area contributed by atoms with E-state index in [0.717, 1.165) is 16.8 Å². The van der Waals surface area contributed by atoms with E-state index >= 15 is 0 Å². The summed E-state index contributed by atoms with van der Waals surface area (Å²) in [4.78, 5) is 4.64. The highest BCUT2D eigenvalue weighted by Gasteiger charge is 2.23. The molecule has 2 heterocycles. The van der Waals surface area contributed by atoms with Crippen LogP contribution in [0, 0.1) is 6.92 Å². The first kappa shape index (κ1) is 15.9. The number of nitrogens with one attached hydrogen (secondary N) is 1. The summed E-state index contributed by atoms with van der Waals surface area (Å²) in [5, 5.41) is 12.1. The van der Waals surface area contributed by atoms with Gasteiger partial charge in [0.25, 0.3) is 0 Å². The Morgan fingerprint density at radius 1 is 0.920 bits per heavy atom. The molecule has 4 aromatic rings. The summed E-state index contributed by atoms with van der Waals surface area (Å²) in [6.45, 7) is 1.85. The minimum atomic E-state index is 0.462. The van der Waals surface area contributed by atoms with Crippen molar-refractivity contribution >= 4 is 23.2 Å². The summed E-state index contributed by atoms with van der Waals surface area (Å²) in [5.74, 6) is 1.01. The van der Waals surface area contributed by atoms with E-state index in [0.29, 0.717) is 33.1 Å². The van der Waals surface area contributed by atoms with E-state index in [2.05, 4.69) is 20.4 Å². The molecule has 1 N–H and O–H groups in total. The number of hydrogen-bond donors (Lipinski definition) is 1. The Hall–Kier alpha value is -2.63. The van der Waals surface area contributed by atoms with Crippen molar-refractivity contribution in [3.8, 4) is 34.2 Å². The number of aromatic amines is 1. The fourth-order valence-corrected chi connectivity index (χ4v) is 2.88. The molecule has 2 aromatic carbocycles. The third-order valence-electron chi connectivity index (χ3n) is 3.78. The van der Waals surface area contributed by atoms with E-state index in [1.54, 1.807) is 18.2 Å². The molecule has 0 unspecified atom stereocenters. The Morgan fingerprint density at radius 2 is 1.68 bits per heavy atom. The molecule has 0 atom stereocenters. The third kappa shape index (κ3) is 2.92. The maximum atomic E-state index is 6.36. The first-order chi connectivity index (χ1) is 12.1. The molecule has 0 saturated carbocycles. The molecule has 0 spiro atoms. The van der Waals surface area contributed by atoms with Gasteiger partial charge in [0.05, 0.1) is 10.7 Å². The average Bonchev–Trinajstić information content (AvgIpc) is 3.22. The molecule has 124 valence electrons. The van der Waals surface area contributed by atoms with Gasteiger partial charge in [0, 0.05) is 16.1 Å². The van der Waals surface area contributed by atoms with Crippen LogP contribution < -0.4 is 0 Å². The normalized spacial score (nSPS) is 11.0. The molecule has 0 aliphatic rings. The van der Waals surface area contributed by atoms with Gasteiger partial charge in [-0.3, -0.25) is 0 Å². The van der Waals surface area contributed by atoms with Crippen LogP contribution in [0.5, 0.6) is 0 Å². The summed E-state index contributed by atoms with van der Waals surface area (Å²) in [7, 11) is 0. The van der Waals surface area contributed by atoms with E-state index in [1.807, 2.05) is 37.3 Å². The van der Waals surface area contributed by atoms with Gasteiger partial charge in [-0.2, -0.15) is 15.4 Å². The number of oxazole rings is 1. The van der Waals surface area contributed by atoms with Gasteiger partial charge in [0.2, 0.25) is 5.89 Å². The number of benzene rings is 2. The van der Waals surface area contributed by atoms with E-state index in [4.69, 9.17) is 27.6 Å². The van der Waals surface area contributed by atoms with E-state index < -0.39 is 0 Å². The second-order valence-corrected chi connectivity index (χ2v) is 6.28. The van der Waals surface area contributed by atoms with Crippen molar-refractivity contribution in [2.75, 3.05) is 0 Å². The summed E-state index contributed by atoms with van der Waals surface area (Å²) >= 11 is 12.3. The van der Waals surface area contributed by atoms with Gasteiger partial charge >= 0.3 is 0 Å². The molecule has 0 amide bonds. The molecule has 5 nitrogen and oxygen atoms in total. The molecule has 0 aliphatic carbocycles. The Labute approximate surface area is 153 Å². The minimum absolute atomic E-state index is 0.462. The molecule has 0 aliphatic heterocycles. The maximum absolute atomic E-state index is 6.36. The van der Waals surface area contributed by atoms with Crippen LogP contribution in [0.1, 0.15) is 5.69 Å². The van der Waals surface area contributed by atoms with Crippen molar-refractivity contribution in [2.45, 2.75) is 6.92 Å². The third-order valence-corrected chi connectivity index (χ3v) is 4.36. The SMILES string of the molecule is Cc1n[nH]nc1-c1nc(-c2ccc(Cl)cc2)oc1-c1ccccc1Cl. The Bertz CT molecular complexity index is 1040. The summed E-state index contributed by atoms with van der Waals surface area (Å²) in [6.07, 6.45) is 0. The van der Waals surface area contributed by atoms with Gasteiger partial charge < -0.3 is 4.42 Å². The molecule has 0 fully saturated rings. The predicted octanol–water partition coefficient (Wildman–Crippen LogP) is 5.41. The van der Waals surface area contributed by atoms with Crippen molar-refractivity contribution in [1.82, 2.24) is 20.4 Å². The number of halogens is 2. The number of rotatable bonds is 3. The quantitative estimate of drug-likeness (QED) is 0.523. The van der Waals surface area contributed by atoms with Gasteiger partial charge in [0.1, 0.15) is 11.4 Å². The molecular weight excluding hydrogens is 359 g/mol. The Balaban J connectivity index is 1.94. The highest BCUT2D eigenvalue weighted by molar-refractivity contribution is 6.33. The second-order valence-electron chi connectivity index (χ2n) is 5.44. The van der Waals surface area contributed by atoms with Crippen molar-refractivity contribution in [2.24, 2.45) is 0 Å². The van der Waals surface area contributed by atoms with Crippen molar-refractivity contribution in [3.63, 3.8) is 0 Å². The minimum Gasteiger partial charge on any atom is -0.435 e. The fraction of sp³-hybridized carbons (Fsp3) is 0.0556. The second kappa shape index (κ2) is 6.35. The highest BCUT2D eigenvalue weighted by Crippen LogP contribution is 2.38. The number of nitrogens with zero attached hydrogens (tertiary/aromatic N) is 3. The average molecular weight is 371 g/mol. The topological polar surface area (TPSA) is 67.6 Å². The Kier molecular flexibility index (Phi) is 4.03. The van der Waals surface area contributed by atoms with Crippen LogP contribution in [-0.4, -0.2) is 20.4 Å². The predicted molar refractivity (Wildman–Crippen MR) is 97.5 cm³/mol. The molecule has 0 saturated heterocycles. The number of aryl methyl sites for hydroxylation is 1. The van der Waals surface area contributed by atoms with E-state index in [9.17, 15) is 0 Å². The van der Waals surface area contributed by atoms with Gasteiger partial charge in [-0.15, -0.1) is 0 Å². The van der Waals surface area contributed by atoms with Crippen LogP contribution in [0.25, 0.3) is 34.2 Å². The van der Waals surface area contributed by atoms with Crippen molar-refractivity contribution in [3.05, 3.63) is 64.3 Å². The largest absolute Gasteiger partial charge is 0.435 e. The number of aromatic nitrogens is 4. The zero-order valence-electron chi connectivity index (χ0n) is 13.1. The number of hydrogen-bond acceptors (Lipinski definition) is 4. The highest BCUT2D eigenvalue weighted by atomic mass is 35.5. The lowest BCUT2D eigenvalue weighted by Crippen LogP contribution is -1.86. The lowest BCUT2D eigenvalue weighted by molar-refractivity contribution is 0.589. The lowest BCUT2D eigenvalue weighted by Gasteiger charge is -2.02. The molecule has 0 radical (unpaired) electrons. The van der Waals surface area contributed by atoms with Gasteiger partial charge in [-0.1, -0.05) is 35.3 Å². The fourth-order valence-electron chi connectivity index (χ4n) is 2.53. The summed E-state index contributed by atoms with van der Waals surface area (Å²) < 4.78 is 6.07. The molecule has 2 aromatic heterocycles. The molecule has 25 heavy (non-hydrogen) atoms. The molecular formula is C18H12Cl2N4O. The lowest BCUT2D eigenvalue weighted by atomic mass is 10.1. The molecule has 0 bridgehead atoms. The smallest absolute Gasteiger partial charge is 0.227 e. The molecule has 7 heteroatoms. The van der Waals surface area contributed by atoms with Crippen LogP contribution >= 0.6 is 23.2 Å². The zero-order valence-corrected chi connectivity index (χ0v) is 14.6. The molecule has 4 rings (SSSR count). The van der Waals surface area contributed by atoms with Crippen molar-refractivity contribution < 1.29 is 4.42 Å². The summed E-state index contributed by atoms with van der Waals surface area (Å²) in [6, 6.07) is 14.7. The first-order valence-electron chi connectivity index (χ1n) is 7.53. The van der Waals surface area contributed by atoms with Gasteiger partial charge in [-0.25, -0.2) is 4.98 Å². The van der Waals surface area contributed by atoms with Crippen LogP contribution in [0.15, 0.2) is 52.9 Å². The number of H-pyrrole nitrogens is 1. The van der Waals surface area contributed by atoms with Gasteiger partial charge in [0.15, 0.2) is 5.76 Å². The monoisotopic (exact) mass is 370 g/mol. The summed E-state index contributed by atoms with van der Waals surface area (Å²) in [5.41, 5.74) is 3.49. The van der Waals surface area contributed by atoms with Crippen LogP contribution in [0.4, 0.5) is 0 Å². The van der Waals surface area contributed by atoms with Crippen LogP contribution in [-0.2, 0) is 0 Å². The first-order valence-corrected chi connectivity index (χ1v) is 8.28. The van der Waals surface area contributed by atoms with Gasteiger partial charge in [-0.05, 0) is 43.3 Å². The van der Waals surface area contributed by atoms with Crippen LogP contribution in [0.3, 0.4) is 0 Å². The van der Waals surface area contributed by atoms with Crippen molar-refractivity contribution in [1.29, 1.82) is 0 Å². The van der Waals surface area contributed by atoms with E-state index in [1.165, 1.54) is 0 Å². The Morgan fingerprint density at radius 3 is 2.36 bits per heavy atom. The standard InChI is InChI=1S/C18H12Cl2N4O/c1-10-15(23-24-22-10)16-17(13-4-2-3-5-14(13)20)25-18(21-16)11-6-8-12(19)9-7-11/h2-9H,1H3,(H,22,23,24). The maximum Gasteiger partial charge on any atom is 0.227 e.